The standard InChI is InChI=1S/C21H20N2O4/c1-15-8-10-16(11-9-15)27-18-6-3-2-5-17(18)23-20(24)12-13-22-21(25)19-7-4-14-26-19/h2-11,14H,12-13H2,1H3,(H,22,25)(H,23,24). The van der Waals surface area contributed by atoms with Crippen molar-refractivity contribution in [1.82, 2.24) is 5.32 Å². The molecule has 0 spiro atoms. The molecule has 0 unspecified atom stereocenters. The summed E-state index contributed by atoms with van der Waals surface area (Å²) in [4.78, 5) is 24.0. The van der Waals surface area contributed by atoms with Gasteiger partial charge in [-0.25, -0.2) is 0 Å². The van der Waals surface area contributed by atoms with Crippen LogP contribution in [0.3, 0.4) is 0 Å². The molecule has 0 aliphatic carbocycles. The summed E-state index contributed by atoms with van der Waals surface area (Å²) in [6, 6.07) is 18.1. The van der Waals surface area contributed by atoms with Crippen LogP contribution in [0, 0.1) is 6.92 Å². The highest BCUT2D eigenvalue weighted by Gasteiger charge is 2.11. The smallest absolute Gasteiger partial charge is 0.286 e. The molecule has 0 radical (unpaired) electrons. The molecule has 0 aliphatic rings. The molecule has 6 heteroatoms. The van der Waals surface area contributed by atoms with Crippen LogP contribution < -0.4 is 15.4 Å². The first-order valence-electron chi connectivity index (χ1n) is 8.57. The summed E-state index contributed by atoms with van der Waals surface area (Å²) in [7, 11) is 0. The van der Waals surface area contributed by atoms with E-state index in [0.29, 0.717) is 17.2 Å². The van der Waals surface area contributed by atoms with Crippen LogP contribution in [0.4, 0.5) is 5.69 Å². The van der Waals surface area contributed by atoms with Gasteiger partial charge in [0.2, 0.25) is 5.91 Å². The molecular weight excluding hydrogens is 344 g/mol. The topological polar surface area (TPSA) is 80.6 Å². The van der Waals surface area contributed by atoms with Gasteiger partial charge in [0.25, 0.3) is 5.91 Å². The first-order chi connectivity index (χ1) is 13.1. The maximum atomic E-state index is 12.2. The van der Waals surface area contributed by atoms with Gasteiger partial charge in [0, 0.05) is 13.0 Å². The molecule has 2 aromatic carbocycles. The van der Waals surface area contributed by atoms with Gasteiger partial charge < -0.3 is 19.8 Å². The number of furan rings is 1. The maximum Gasteiger partial charge on any atom is 0.286 e. The minimum Gasteiger partial charge on any atom is -0.459 e. The highest BCUT2D eigenvalue weighted by Crippen LogP contribution is 2.29. The van der Waals surface area contributed by atoms with Crippen molar-refractivity contribution in [2.24, 2.45) is 0 Å². The number of ether oxygens (including phenoxy) is 1. The van der Waals surface area contributed by atoms with Crippen molar-refractivity contribution in [3.05, 3.63) is 78.3 Å². The molecule has 2 amide bonds. The van der Waals surface area contributed by atoms with Crippen molar-refractivity contribution in [2.45, 2.75) is 13.3 Å². The largest absolute Gasteiger partial charge is 0.459 e. The van der Waals surface area contributed by atoms with Crippen molar-refractivity contribution < 1.29 is 18.7 Å². The number of hydrogen-bond donors (Lipinski definition) is 2. The molecule has 1 heterocycles. The second kappa shape index (κ2) is 8.71. The number of aryl methyl sites for hydroxylation is 1. The lowest BCUT2D eigenvalue weighted by molar-refractivity contribution is -0.116. The number of anilines is 1. The van der Waals surface area contributed by atoms with Crippen molar-refractivity contribution in [3.8, 4) is 11.5 Å². The second-order valence-electron chi connectivity index (χ2n) is 5.94. The Bertz CT molecular complexity index is 902. The van der Waals surface area contributed by atoms with Crippen LogP contribution >= 0.6 is 0 Å². The van der Waals surface area contributed by atoms with E-state index in [4.69, 9.17) is 9.15 Å². The minimum atomic E-state index is -0.351. The molecule has 3 aromatic rings. The van der Waals surface area contributed by atoms with Crippen LogP contribution in [0.5, 0.6) is 11.5 Å². The van der Waals surface area contributed by atoms with Crippen LogP contribution in [0.15, 0.2) is 71.3 Å². The monoisotopic (exact) mass is 364 g/mol. The first kappa shape index (κ1) is 18.3. The summed E-state index contributed by atoms with van der Waals surface area (Å²) in [6.07, 6.45) is 1.55. The third-order valence-corrected chi connectivity index (χ3v) is 3.79. The highest BCUT2D eigenvalue weighted by molar-refractivity contribution is 5.94. The number of benzene rings is 2. The number of rotatable bonds is 7. The van der Waals surface area contributed by atoms with Crippen LogP contribution in [-0.4, -0.2) is 18.4 Å². The molecule has 1 aromatic heterocycles. The summed E-state index contributed by atoms with van der Waals surface area (Å²) in [5, 5.41) is 5.45. The van der Waals surface area contributed by atoms with E-state index in [0.717, 1.165) is 5.56 Å². The number of nitrogens with one attached hydrogen (secondary N) is 2. The van der Waals surface area contributed by atoms with Gasteiger partial charge in [-0.15, -0.1) is 0 Å². The maximum absolute atomic E-state index is 12.2. The highest BCUT2D eigenvalue weighted by atomic mass is 16.5. The quantitative estimate of drug-likeness (QED) is 0.660. The molecule has 27 heavy (non-hydrogen) atoms. The average Bonchev–Trinajstić information content (AvgIpc) is 3.20. The molecule has 138 valence electrons. The van der Waals surface area contributed by atoms with Gasteiger partial charge in [-0.3, -0.25) is 9.59 Å². The van der Waals surface area contributed by atoms with Gasteiger partial charge in [-0.05, 0) is 43.3 Å². The normalized spacial score (nSPS) is 10.3. The number of hydrogen-bond acceptors (Lipinski definition) is 4. The Morgan fingerprint density at radius 3 is 2.52 bits per heavy atom. The van der Waals surface area contributed by atoms with Crippen molar-refractivity contribution in [1.29, 1.82) is 0 Å². The SMILES string of the molecule is Cc1ccc(Oc2ccccc2NC(=O)CCNC(=O)c2ccco2)cc1. The summed E-state index contributed by atoms with van der Waals surface area (Å²) >= 11 is 0. The molecule has 2 N–H and O–H groups in total. The van der Waals surface area contributed by atoms with E-state index < -0.39 is 0 Å². The predicted octanol–water partition coefficient (Wildman–Crippen LogP) is 4.14. The van der Waals surface area contributed by atoms with Crippen molar-refractivity contribution >= 4 is 17.5 Å². The van der Waals surface area contributed by atoms with E-state index in [2.05, 4.69) is 10.6 Å². The molecular formula is C21H20N2O4. The van der Waals surface area contributed by atoms with Crippen molar-refractivity contribution in [2.75, 3.05) is 11.9 Å². The molecule has 0 saturated carbocycles. The zero-order valence-electron chi connectivity index (χ0n) is 14.9. The lowest BCUT2D eigenvalue weighted by Crippen LogP contribution is -2.27. The van der Waals surface area contributed by atoms with E-state index in [-0.39, 0.29) is 30.5 Å². The predicted molar refractivity (Wildman–Crippen MR) is 102 cm³/mol. The van der Waals surface area contributed by atoms with E-state index in [1.807, 2.05) is 43.3 Å². The molecule has 0 saturated heterocycles. The zero-order chi connectivity index (χ0) is 19.1. The third-order valence-electron chi connectivity index (χ3n) is 3.79. The third kappa shape index (κ3) is 5.22. The van der Waals surface area contributed by atoms with Gasteiger partial charge in [0.1, 0.15) is 5.75 Å². The second-order valence-corrected chi connectivity index (χ2v) is 5.94. The van der Waals surface area contributed by atoms with E-state index >= 15 is 0 Å². The van der Waals surface area contributed by atoms with E-state index in [1.165, 1.54) is 6.26 Å². The lowest BCUT2D eigenvalue weighted by Gasteiger charge is -2.12. The number of para-hydroxylation sites is 2. The average molecular weight is 364 g/mol. The van der Waals surface area contributed by atoms with Crippen LogP contribution in [0.1, 0.15) is 22.5 Å². The molecule has 0 bridgehead atoms. The summed E-state index contributed by atoms with van der Waals surface area (Å²) in [5.74, 6) is 0.875. The van der Waals surface area contributed by atoms with Gasteiger partial charge >= 0.3 is 0 Å². The molecule has 0 atom stereocenters. The Morgan fingerprint density at radius 2 is 1.78 bits per heavy atom. The van der Waals surface area contributed by atoms with Gasteiger partial charge in [0.05, 0.1) is 12.0 Å². The summed E-state index contributed by atoms with van der Waals surface area (Å²) in [6.45, 7) is 2.20. The Labute approximate surface area is 157 Å². The fourth-order valence-electron chi connectivity index (χ4n) is 2.39. The molecule has 6 nitrogen and oxygen atoms in total. The Kier molecular flexibility index (Phi) is 5.89. The first-order valence-corrected chi connectivity index (χ1v) is 8.57. The van der Waals surface area contributed by atoms with Gasteiger partial charge in [0.15, 0.2) is 11.5 Å². The van der Waals surface area contributed by atoms with Crippen LogP contribution in [-0.2, 0) is 4.79 Å². The van der Waals surface area contributed by atoms with Crippen molar-refractivity contribution in [3.63, 3.8) is 0 Å². The van der Waals surface area contributed by atoms with Crippen LogP contribution in [0.2, 0.25) is 0 Å². The van der Waals surface area contributed by atoms with Gasteiger partial charge in [-0.1, -0.05) is 29.8 Å². The molecule has 3 rings (SSSR count). The fraction of sp³-hybridized carbons (Fsp3) is 0.143. The molecule has 0 fully saturated rings. The van der Waals surface area contributed by atoms with E-state index in [9.17, 15) is 9.59 Å². The fourth-order valence-corrected chi connectivity index (χ4v) is 2.39. The summed E-state index contributed by atoms with van der Waals surface area (Å²) < 4.78 is 10.9. The zero-order valence-corrected chi connectivity index (χ0v) is 14.9. The van der Waals surface area contributed by atoms with Gasteiger partial charge in [-0.2, -0.15) is 0 Å². The Balaban J connectivity index is 1.54. The number of amides is 2. The molecule has 0 aliphatic heterocycles. The summed E-state index contributed by atoms with van der Waals surface area (Å²) in [5.41, 5.74) is 1.71. The Morgan fingerprint density at radius 1 is 1.00 bits per heavy atom. The minimum absolute atomic E-state index is 0.130. The number of carbonyl (C=O) groups excluding carboxylic acids is 2. The number of carbonyl (C=O) groups is 2. The van der Waals surface area contributed by atoms with Crippen LogP contribution in [0.25, 0.3) is 0 Å². The lowest BCUT2D eigenvalue weighted by atomic mass is 10.2. The van der Waals surface area contributed by atoms with E-state index in [1.54, 1.807) is 24.3 Å². The Hall–Kier alpha value is -3.54.